The van der Waals surface area contributed by atoms with Crippen LogP contribution in [0, 0.1) is 20.8 Å². The molecule has 0 atom stereocenters. The van der Waals surface area contributed by atoms with Gasteiger partial charge in [0.05, 0.1) is 6.54 Å². The van der Waals surface area contributed by atoms with E-state index in [2.05, 4.69) is 56.2 Å². The monoisotopic (exact) mass is 291 g/mol. The lowest BCUT2D eigenvalue weighted by molar-refractivity contribution is 0.468. The van der Waals surface area contributed by atoms with Crippen LogP contribution in [0.25, 0.3) is 0 Å². The van der Waals surface area contributed by atoms with Crippen molar-refractivity contribution in [2.24, 2.45) is 0 Å². The summed E-state index contributed by atoms with van der Waals surface area (Å²) in [6, 6.07) is 4.63. The minimum absolute atomic E-state index is 0.435. The summed E-state index contributed by atoms with van der Waals surface area (Å²) < 4.78 is 5.88. The average Bonchev–Trinajstić information content (AvgIpc) is 2.80. The summed E-state index contributed by atoms with van der Waals surface area (Å²) in [6.07, 6.45) is 0. The summed E-state index contributed by atoms with van der Waals surface area (Å²) in [6.45, 7) is 11.2. The summed E-state index contributed by atoms with van der Waals surface area (Å²) in [5.74, 6) is 0.863. The molecule has 0 aliphatic heterocycles. The van der Waals surface area contributed by atoms with Crippen LogP contribution in [-0.4, -0.2) is 16.2 Å². The molecule has 2 rings (SSSR count). The summed E-state index contributed by atoms with van der Waals surface area (Å²) in [5, 5.41) is 13.1. The molecular weight excluding hydrogens is 270 g/mol. The molecule has 0 aliphatic carbocycles. The fraction of sp³-hybridized carbons (Fsp3) is 0.467. The number of aryl methyl sites for hydroxylation is 2. The second kappa shape index (κ2) is 6.33. The van der Waals surface area contributed by atoms with Gasteiger partial charge in [-0.05, 0) is 43.5 Å². The first kappa shape index (κ1) is 14.9. The summed E-state index contributed by atoms with van der Waals surface area (Å²) >= 11 is 1.48. The summed E-state index contributed by atoms with van der Waals surface area (Å²) in [4.78, 5) is 0. The van der Waals surface area contributed by atoms with E-state index in [1.807, 2.05) is 6.07 Å². The highest BCUT2D eigenvalue weighted by Gasteiger charge is 2.10. The van der Waals surface area contributed by atoms with Crippen molar-refractivity contribution < 1.29 is 4.74 Å². The van der Waals surface area contributed by atoms with E-state index in [1.165, 1.54) is 22.5 Å². The van der Waals surface area contributed by atoms with E-state index in [0.717, 1.165) is 22.9 Å². The molecule has 1 heterocycles. The third-order valence-corrected chi connectivity index (χ3v) is 3.87. The highest BCUT2D eigenvalue weighted by molar-refractivity contribution is 7.13. The largest absolute Gasteiger partial charge is 0.430 e. The van der Waals surface area contributed by atoms with E-state index in [0.29, 0.717) is 11.2 Å². The van der Waals surface area contributed by atoms with Gasteiger partial charge in [0.15, 0.2) is 0 Å². The Morgan fingerprint density at radius 2 is 1.95 bits per heavy atom. The number of hydrogen-bond donors (Lipinski definition) is 1. The van der Waals surface area contributed by atoms with Crippen LogP contribution < -0.4 is 10.1 Å². The first-order valence-electron chi connectivity index (χ1n) is 6.77. The molecule has 0 amide bonds. The van der Waals surface area contributed by atoms with E-state index in [4.69, 9.17) is 4.74 Å². The SMILES string of the molecule is Cc1cc(C)c(C)c(Oc2nnc(CNC(C)C)s2)c1. The van der Waals surface area contributed by atoms with Crippen molar-refractivity contribution in [1.82, 2.24) is 15.5 Å². The molecule has 20 heavy (non-hydrogen) atoms. The molecule has 108 valence electrons. The molecule has 1 aromatic carbocycles. The number of nitrogens with one attached hydrogen (secondary N) is 1. The molecule has 1 N–H and O–H groups in total. The minimum atomic E-state index is 0.435. The maximum Gasteiger partial charge on any atom is 0.299 e. The lowest BCUT2D eigenvalue weighted by Gasteiger charge is -2.09. The molecule has 1 aromatic heterocycles. The summed E-state index contributed by atoms with van der Waals surface area (Å²) in [7, 11) is 0. The Kier molecular flexibility index (Phi) is 4.73. The third kappa shape index (κ3) is 3.77. The molecular formula is C15H21N3OS. The Labute approximate surface area is 124 Å². The number of aromatic nitrogens is 2. The lowest BCUT2D eigenvalue weighted by atomic mass is 10.1. The number of nitrogens with zero attached hydrogens (tertiary/aromatic N) is 2. The number of hydrogen-bond acceptors (Lipinski definition) is 5. The van der Waals surface area contributed by atoms with E-state index in [-0.39, 0.29) is 0 Å². The second-order valence-corrected chi connectivity index (χ2v) is 6.33. The van der Waals surface area contributed by atoms with Gasteiger partial charge in [-0.1, -0.05) is 36.3 Å². The van der Waals surface area contributed by atoms with Gasteiger partial charge in [-0.15, -0.1) is 5.10 Å². The van der Waals surface area contributed by atoms with Crippen molar-refractivity contribution in [2.45, 2.75) is 47.2 Å². The fourth-order valence-electron chi connectivity index (χ4n) is 1.84. The topological polar surface area (TPSA) is 47.0 Å². The Morgan fingerprint density at radius 3 is 2.65 bits per heavy atom. The van der Waals surface area contributed by atoms with Crippen LogP contribution in [0.15, 0.2) is 12.1 Å². The first-order valence-corrected chi connectivity index (χ1v) is 7.59. The van der Waals surface area contributed by atoms with E-state index < -0.39 is 0 Å². The highest BCUT2D eigenvalue weighted by Crippen LogP contribution is 2.30. The van der Waals surface area contributed by atoms with Gasteiger partial charge in [0.1, 0.15) is 10.8 Å². The van der Waals surface area contributed by atoms with Gasteiger partial charge in [0.2, 0.25) is 0 Å². The van der Waals surface area contributed by atoms with Crippen LogP contribution in [0.2, 0.25) is 0 Å². The molecule has 0 fully saturated rings. The van der Waals surface area contributed by atoms with Gasteiger partial charge in [0, 0.05) is 6.04 Å². The van der Waals surface area contributed by atoms with E-state index in [1.54, 1.807) is 0 Å². The number of rotatable bonds is 5. The maximum atomic E-state index is 5.88. The van der Waals surface area contributed by atoms with Gasteiger partial charge < -0.3 is 10.1 Å². The van der Waals surface area contributed by atoms with Crippen LogP contribution in [-0.2, 0) is 6.54 Å². The minimum Gasteiger partial charge on any atom is -0.430 e. The molecule has 0 radical (unpaired) electrons. The normalized spacial score (nSPS) is 11.1. The van der Waals surface area contributed by atoms with Gasteiger partial charge in [-0.25, -0.2) is 0 Å². The van der Waals surface area contributed by atoms with Gasteiger partial charge in [-0.3, -0.25) is 0 Å². The molecule has 0 spiro atoms. The van der Waals surface area contributed by atoms with Crippen LogP contribution in [0.5, 0.6) is 10.9 Å². The molecule has 0 bridgehead atoms. The predicted octanol–water partition coefficient (Wildman–Crippen LogP) is 3.75. The van der Waals surface area contributed by atoms with Crippen LogP contribution >= 0.6 is 11.3 Å². The lowest BCUT2D eigenvalue weighted by Crippen LogP contribution is -2.21. The quantitative estimate of drug-likeness (QED) is 0.911. The average molecular weight is 291 g/mol. The Balaban J connectivity index is 2.11. The molecule has 0 aliphatic rings. The Hall–Kier alpha value is -1.46. The molecule has 2 aromatic rings. The maximum absolute atomic E-state index is 5.88. The van der Waals surface area contributed by atoms with Crippen LogP contribution in [0.3, 0.4) is 0 Å². The Morgan fingerprint density at radius 1 is 1.20 bits per heavy atom. The molecule has 5 heteroatoms. The van der Waals surface area contributed by atoms with Crippen molar-refractivity contribution in [3.05, 3.63) is 33.8 Å². The fourth-order valence-corrected chi connectivity index (χ4v) is 2.49. The van der Waals surface area contributed by atoms with Crippen LogP contribution in [0.1, 0.15) is 35.5 Å². The zero-order valence-electron chi connectivity index (χ0n) is 12.7. The number of ether oxygens (including phenoxy) is 1. The molecule has 0 saturated carbocycles. The molecule has 0 saturated heterocycles. The molecule has 0 unspecified atom stereocenters. The van der Waals surface area contributed by atoms with Gasteiger partial charge in [0.25, 0.3) is 5.19 Å². The zero-order valence-corrected chi connectivity index (χ0v) is 13.5. The van der Waals surface area contributed by atoms with Crippen LogP contribution in [0.4, 0.5) is 0 Å². The van der Waals surface area contributed by atoms with Gasteiger partial charge in [-0.2, -0.15) is 0 Å². The van der Waals surface area contributed by atoms with Crippen molar-refractivity contribution in [2.75, 3.05) is 0 Å². The second-order valence-electron chi connectivity index (χ2n) is 5.30. The van der Waals surface area contributed by atoms with Gasteiger partial charge >= 0.3 is 0 Å². The van der Waals surface area contributed by atoms with E-state index >= 15 is 0 Å². The zero-order chi connectivity index (χ0) is 14.7. The van der Waals surface area contributed by atoms with Crippen molar-refractivity contribution >= 4 is 11.3 Å². The smallest absolute Gasteiger partial charge is 0.299 e. The first-order chi connectivity index (χ1) is 9.45. The predicted molar refractivity (Wildman–Crippen MR) is 82.6 cm³/mol. The standard InChI is InChI=1S/C15H21N3OS/c1-9(2)16-8-14-17-18-15(20-14)19-13-7-10(3)6-11(4)12(13)5/h6-7,9,16H,8H2,1-5H3. The summed E-state index contributed by atoms with van der Waals surface area (Å²) in [5.41, 5.74) is 3.56. The van der Waals surface area contributed by atoms with Crippen molar-refractivity contribution in [3.8, 4) is 10.9 Å². The number of benzene rings is 1. The third-order valence-electron chi connectivity index (χ3n) is 3.07. The van der Waals surface area contributed by atoms with Crippen molar-refractivity contribution in [3.63, 3.8) is 0 Å². The van der Waals surface area contributed by atoms with Crippen molar-refractivity contribution in [1.29, 1.82) is 0 Å². The van der Waals surface area contributed by atoms with E-state index in [9.17, 15) is 0 Å². The molecule has 4 nitrogen and oxygen atoms in total. The Bertz CT molecular complexity index is 593. The highest BCUT2D eigenvalue weighted by atomic mass is 32.1.